The Hall–Kier alpha value is -0.690. The van der Waals surface area contributed by atoms with Crippen LogP contribution in [0.2, 0.25) is 0 Å². The predicted octanol–water partition coefficient (Wildman–Crippen LogP) is 2.09. The molecule has 0 radical (unpaired) electrons. The zero-order valence-electron chi connectivity index (χ0n) is 16.9. The minimum Gasteiger partial charge on any atom is -0.389 e. The number of β-amino-alcohol motifs (C(OH)–C–C–N with tert-alkyl or cyclic N) is 1. The number of nitrogens with one attached hydrogen (secondary N) is 1. The second kappa shape index (κ2) is 10.7. The van der Waals surface area contributed by atoms with Crippen LogP contribution in [0.15, 0.2) is 0 Å². The summed E-state index contributed by atoms with van der Waals surface area (Å²) >= 11 is 0. The number of hydrogen-bond donors (Lipinski definition) is 2. The third kappa shape index (κ3) is 6.41. The van der Waals surface area contributed by atoms with Gasteiger partial charge in [0.1, 0.15) is 0 Å². The Morgan fingerprint density at radius 3 is 2.74 bits per heavy atom. The first-order chi connectivity index (χ1) is 13.2. The molecule has 27 heavy (non-hydrogen) atoms. The van der Waals surface area contributed by atoms with Crippen LogP contribution in [0, 0.1) is 5.92 Å². The van der Waals surface area contributed by atoms with E-state index in [0.717, 1.165) is 38.3 Å². The highest BCUT2D eigenvalue weighted by molar-refractivity contribution is 5.76. The number of carbonyl (C=O) groups excluding carboxylic acids is 1. The van der Waals surface area contributed by atoms with Crippen LogP contribution in [0.5, 0.6) is 0 Å². The first kappa shape index (κ1) is 21.0. The Balaban J connectivity index is 1.58. The first-order valence-electron chi connectivity index (χ1n) is 11.1. The lowest BCUT2D eigenvalue weighted by molar-refractivity contribution is -0.158. The van der Waals surface area contributed by atoms with E-state index in [1.54, 1.807) is 0 Å². The molecule has 0 bridgehead atoms. The highest BCUT2D eigenvalue weighted by Gasteiger charge is 2.38. The number of aliphatic hydroxyl groups is 1. The van der Waals surface area contributed by atoms with Crippen molar-refractivity contribution in [3.8, 4) is 0 Å². The molecule has 156 valence electrons. The van der Waals surface area contributed by atoms with Gasteiger partial charge in [0.2, 0.25) is 5.91 Å². The summed E-state index contributed by atoms with van der Waals surface area (Å²) in [6.07, 6.45) is 9.51. The maximum atomic E-state index is 12.1. The van der Waals surface area contributed by atoms with Crippen molar-refractivity contribution in [2.45, 2.75) is 89.1 Å². The van der Waals surface area contributed by atoms with E-state index in [9.17, 15) is 9.90 Å². The second-order valence-corrected chi connectivity index (χ2v) is 8.64. The summed E-state index contributed by atoms with van der Waals surface area (Å²) in [5.41, 5.74) is 0. The fourth-order valence-electron chi connectivity index (χ4n) is 4.90. The normalized spacial score (nSPS) is 33.7. The van der Waals surface area contributed by atoms with Crippen molar-refractivity contribution in [1.29, 1.82) is 0 Å². The van der Waals surface area contributed by atoms with E-state index in [4.69, 9.17) is 9.47 Å². The smallest absolute Gasteiger partial charge is 0.222 e. The number of carbonyl (C=O) groups is 1. The molecule has 0 aromatic rings. The van der Waals surface area contributed by atoms with Crippen molar-refractivity contribution in [2.75, 3.05) is 32.8 Å². The largest absolute Gasteiger partial charge is 0.389 e. The van der Waals surface area contributed by atoms with Crippen LogP contribution in [-0.4, -0.2) is 73.1 Å². The molecule has 6 nitrogen and oxygen atoms in total. The number of fused-ring (bicyclic) bond motifs is 1. The molecular weight excluding hydrogens is 344 g/mol. The van der Waals surface area contributed by atoms with E-state index >= 15 is 0 Å². The third-order valence-corrected chi connectivity index (χ3v) is 6.29. The van der Waals surface area contributed by atoms with Crippen molar-refractivity contribution in [2.24, 2.45) is 5.92 Å². The van der Waals surface area contributed by atoms with Crippen LogP contribution in [0.4, 0.5) is 0 Å². The van der Waals surface area contributed by atoms with Gasteiger partial charge in [-0.2, -0.15) is 0 Å². The van der Waals surface area contributed by atoms with E-state index < -0.39 is 6.10 Å². The minimum absolute atomic E-state index is 0.00110. The number of ether oxygens (including phenoxy) is 2. The second-order valence-electron chi connectivity index (χ2n) is 8.64. The van der Waals surface area contributed by atoms with E-state index in [-0.39, 0.29) is 24.2 Å². The molecular formula is C21H38N2O4. The highest BCUT2D eigenvalue weighted by Crippen LogP contribution is 2.31. The van der Waals surface area contributed by atoms with Crippen LogP contribution in [0.3, 0.4) is 0 Å². The monoisotopic (exact) mass is 382 g/mol. The quantitative estimate of drug-likeness (QED) is 0.736. The Labute approximate surface area is 164 Å². The maximum absolute atomic E-state index is 12.1. The lowest BCUT2D eigenvalue weighted by atomic mass is 9.87. The van der Waals surface area contributed by atoms with Gasteiger partial charge in [0, 0.05) is 25.7 Å². The van der Waals surface area contributed by atoms with E-state index in [1.807, 2.05) is 0 Å². The number of nitrogens with zero attached hydrogens (tertiary/aromatic N) is 1. The lowest BCUT2D eigenvalue weighted by Gasteiger charge is -2.45. The van der Waals surface area contributed by atoms with Gasteiger partial charge in [-0.1, -0.05) is 26.2 Å². The number of hydrogen-bond acceptors (Lipinski definition) is 5. The SMILES string of the molecule is CCCNC(=O)C[C@@H]1CC[C@H]2[C@@H](COC[C@H](O)CN2CC2CCCCC2)O1. The van der Waals surface area contributed by atoms with Gasteiger partial charge >= 0.3 is 0 Å². The zero-order chi connectivity index (χ0) is 19.1. The van der Waals surface area contributed by atoms with Gasteiger partial charge in [0.25, 0.3) is 0 Å². The van der Waals surface area contributed by atoms with Crippen molar-refractivity contribution in [3.05, 3.63) is 0 Å². The van der Waals surface area contributed by atoms with Crippen LogP contribution >= 0.6 is 0 Å². The number of rotatable bonds is 6. The van der Waals surface area contributed by atoms with Crippen LogP contribution in [0.1, 0.15) is 64.7 Å². The summed E-state index contributed by atoms with van der Waals surface area (Å²) in [4.78, 5) is 14.5. The van der Waals surface area contributed by atoms with Crippen molar-refractivity contribution in [3.63, 3.8) is 0 Å². The lowest BCUT2D eigenvalue weighted by Crippen LogP contribution is -2.56. The molecule has 0 aromatic carbocycles. The van der Waals surface area contributed by atoms with Gasteiger partial charge in [-0.15, -0.1) is 0 Å². The topological polar surface area (TPSA) is 71.0 Å². The van der Waals surface area contributed by atoms with Gasteiger partial charge < -0.3 is 19.9 Å². The average molecular weight is 383 g/mol. The summed E-state index contributed by atoms with van der Waals surface area (Å²) in [5, 5.41) is 13.2. The molecule has 3 rings (SSSR count). The molecule has 2 saturated heterocycles. The standard InChI is InChI=1S/C21H38N2O4/c1-2-10-22-21(25)11-18-8-9-19-20(27-18)15-26-14-17(24)13-23(19)12-16-6-4-3-5-7-16/h16-20,24H,2-15H2,1H3,(H,22,25)/t17-,18+,19+,20-/m1/s1. The Morgan fingerprint density at radius 1 is 1.15 bits per heavy atom. The van der Waals surface area contributed by atoms with Gasteiger partial charge in [-0.05, 0) is 38.0 Å². The van der Waals surface area contributed by atoms with Crippen molar-refractivity contribution in [1.82, 2.24) is 10.2 Å². The van der Waals surface area contributed by atoms with Crippen LogP contribution < -0.4 is 5.32 Å². The van der Waals surface area contributed by atoms with E-state index in [1.165, 1.54) is 32.1 Å². The molecule has 2 heterocycles. The first-order valence-corrected chi connectivity index (χ1v) is 11.1. The van der Waals surface area contributed by atoms with Crippen LogP contribution in [-0.2, 0) is 14.3 Å². The maximum Gasteiger partial charge on any atom is 0.222 e. The predicted molar refractivity (Wildman–Crippen MR) is 105 cm³/mol. The molecule has 1 amide bonds. The van der Waals surface area contributed by atoms with Crippen molar-refractivity contribution >= 4 is 5.91 Å². The molecule has 3 fully saturated rings. The molecule has 3 aliphatic rings. The molecule has 2 aliphatic heterocycles. The van der Waals surface area contributed by atoms with Gasteiger partial charge in [0.05, 0.1) is 37.9 Å². The van der Waals surface area contributed by atoms with Crippen LogP contribution in [0.25, 0.3) is 0 Å². The molecule has 0 spiro atoms. The van der Waals surface area contributed by atoms with Gasteiger partial charge in [-0.3, -0.25) is 9.69 Å². The third-order valence-electron chi connectivity index (χ3n) is 6.29. The average Bonchev–Trinajstić information content (AvgIpc) is 2.66. The molecule has 2 N–H and O–H groups in total. The Kier molecular flexibility index (Phi) is 8.37. The highest BCUT2D eigenvalue weighted by atomic mass is 16.5. The fraction of sp³-hybridized carbons (Fsp3) is 0.952. The van der Waals surface area contributed by atoms with Gasteiger partial charge in [0.15, 0.2) is 0 Å². The summed E-state index contributed by atoms with van der Waals surface area (Å²) in [6, 6.07) is 0.289. The molecule has 4 atom stereocenters. The molecule has 6 heteroatoms. The minimum atomic E-state index is -0.424. The number of amides is 1. The van der Waals surface area contributed by atoms with Crippen molar-refractivity contribution < 1.29 is 19.4 Å². The molecule has 0 aromatic heterocycles. The Morgan fingerprint density at radius 2 is 1.96 bits per heavy atom. The van der Waals surface area contributed by atoms with E-state index in [2.05, 4.69) is 17.1 Å². The molecule has 1 aliphatic carbocycles. The summed E-state index contributed by atoms with van der Waals surface area (Å²) in [6.45, 7) is 5.40. The summed E-state index contributed by atoms with van der Waals surface area (Å²) in [5.74, 6) is 0.825. The summed E-state index contributed by atoms with van der Waals surface area (Å²) in [7, 11) is 0. The Bertz CT molecular complexity index is 455. The summed E-state index contributed by atoms with van der Waals surface area (Å²) < 4.78 is 12.0. The molecule has 0 unspecified atom stereocenters. The zero-order valence-corrected chi connectivity index (χ0v) is 16.9. The van der Waals surface area contributed by atoms with Gasteiger partial charge in [-0.25, -0.2) is 0 Å². The number of aliphatic hydroxyl groups excluding tert-OH is 1. The fourth-order valence-corrected chi connectivity index (χ4v) is 4.90. The van der Waals surface area contributed by atoms with E-state index in [0.29, 0.717) is 26.2 Å². The molecule has 1 saturated carbocycles.